The van der Waals surface area contributed by atoms with Crippen LogP contribution in [0.15, 0.2) is 40.4 Å². The fraction of sp³-hybridized carbons (Fsp3) is 0.409. The summed E-state index contributed by atoms with van der Waals surface area (Å²) in [7, 11) is 1.29. The summed E-state index contributed by atoms with van der Waals surface area (Å²) in [6.45, 7) is 5.93. The molecule has 0 bridgehead atoms. The normalized spacial score (nSPS) is 19.3. The van der Waals surface area contributed by atoms with Gasteiger partial charge in [0, 0.05) is 29.8 Å². The number of carbonyl (C=O) groups is 3. The minimum atomic E-state index is -1.20. The van der Waals surface area contributed by atoms with Gasteiger partial charge in [-0.2, -0.15) is 4.57 Å². The topological polar surface area (TPSA) is 167 Å². The van der Waals surface area contributed by atoms with Gasteiger partial charge in [0.2, 0.25) is 6.20 Å². The van der Waals surface area contributed by atoms with E-state index in [9.17, 15) is 19.5 Å². The van der Waals surface area contributed by atoms with Crippen molar-refractivity contribution in [2.75, 3.05) is 36.6 Å². The smallest absolute Gasteiger partial charge is 0.352 e. The van der Waals surface area contributed by atoms with E-state index in [1.54, 1.807) is 17.8 Å². The van der Waals surface area contributed by atoms with Crippen molar-refractivity contribution in [2.24, 2.45) is 5.16 Å². The third-order valence-corrected chi connectivity index (χ3v) is 7.92. The number of carboxylic acid groups (broad SMARTS) is 1. The summed E-state index contributed by atoms with van der Waals surface area (Å²) >= 11 is 2.52. The average Bonchev–Trinajstić information content (AvgIpc) is 3.32. The van der Waals surface area contributed by atoms with E-state index in [1.807, 2.05) is 24.6 Å². The van der Waals surface area contributed by atoms with Crippen LogP contribution in [0.2, 0.25) is 0 Å². The largest absolute Gasteiger partial charge is 0.477 e. The van der Waals surface area contributed by atoms with Crippen molar-refractivity contribution in [3.05, 3.63) is 40.9 Å². The summed E-state index contributed by atoms with van der Waals surface area (Å²) in [5, 5.41) is 17.6. The summed E-state index contributed by atoms with van der Waals surface area (Å²) < 4.78 is 1.86. The molecule has 37 heavy (non-hydrogen) atoms. The molecule has 4 rings (SSSR count). The van der Waals surface area contributed by atoms with Crippen LogP contribution in [-0.4, -0.2) is 80.8 Å². The van der Waals surface area contributed by atoms with Crippen molar-refractivity contribution < 1.29 is 28.9 Å². The summed E-state index contributed by atoms with van der Waals surface area (Å²) in [5.41, 5.74) is 6.27. The molecule has 2 aliphatic rings. The highest BCUT2D eigenvalue weighted by molar-refractivity contribution is 8.00. The summed E-state index contributed by atoms with van der Waals surface area (Å²) in [6.07, 6.45) is 5.29. The van der Waals surface area contributed by atoms with Crippen LogP contribution in [0.25, 0.3) is 0 Å². The number of aromatic nitrogens is 3. The SMILES string of the molecule is CCN(CC)c1c[n+](CC2=C(C(=O)O)N3C(=O)C(NC(=O)/C(=N\OC)c4csc(N)n4)[C@H]3SC2)ccn1. The molecule has 1 saturated heterocycles. The Labute approximate surface area is 221 Å². The number of hydrogen-bond donors (Lipinski definition) is 3. The van der Waals surface area contributed by atoms with E-state index in [0.717, 1.165) is 30.2 Å². The number of β-lactam (4-membered cyclic amide) rings is 1. The van der Waals surface area contributed by atoms with E-state index < -0.39 is 29.2 Å². The van der Waals surface area contributed by atoms with Crippen molar-refractivity contribution in [1.29, 1.82) is 0 Å². The molecule has 13 nitrogen and oxygen atoms in total. The number of carbonyl (C=O) groups excluding carboxylic acids is 2. The van der Waals surface area contributed by atoms with Gasteiger partial charge in [-0.05, 0) is 13.8 Å². The molecule has 1 unspecified atom stereocenters. The second-order valence-corrected chi connectivity index (χ2v) is 10.1. The number of nitrogens with zero attached hydrogens (tertiary/aromatic N) is 6. The van der Waals surface area contributed by atoms with E-state index in [0.29, 0.717) is 11.3 Å². The van der Waals surface area contributed by atoms with Gasteiger partial charge in [0.1, 0.15) is 29.9 Å². The zero-order valence-corrected chi connectivity index (χ0v) is 22.1. The molecule has 0 aromatic carbocycles. The van der Waals surface area contributed by atoms with Gasteiger partial charge in [-0.3, -0.25) is 14.5 Å². The molecular weight excluding hydrogens is 520 g/mol. The van der Waals surface area contributed by atoms with Crippen molar-refractivity contribution >= 4 is 57.5 Å². The first-order valence-electron chi connectivity index (χ1n) is 11.4. The number of nitrogen functional groups attached to an aromatic ring is 1. The fourth-order valence-electron chi connectivity index (χ4n) is 4.16. The summed E-state index contributed by atoms with van der Waals surface area (Å²) in [6, 6.07) is -0.922. The van der Waals surface area contributed by atoms with Crippen molar-refractivity contribution in [3.63, 3.8) is 0 Å². The number of hydrogen-bond acceptors (Lipinski definition) is 11. The van der Waals surface area contributed by atoms with Gasteiger partial charge >= 0.3 is 5.97 Å². The molecule has 2 amide bonds. The van der Waals surface area contributed by atoms with Gasteiger partial charge in [0.25, 0.3) is 11.8 Å². The average molecular weight is 548 g/mol. The van der Waals surface area contributed by atoms with Gasteiger partial charge in [0.05, 0.1) is 6.20 Å². The maximum absolute atomic E-state index is 13.1. The molecule has 0 spiro atoms. The van der Waals surface area contributed by atoms with Crippen LogP contribution in [0, 0.1) is 0 Å². The zero-order valence-electron chi connectivity index (χ0n) is 20.4. The van der Waals surface area contributed by atoms with Gasteiger partial charge in [-0.1, -0.05) is 5.16 Å². The number of thioether (sulfide) groups is 1. The second kappa shape index (κ2) is 11.1. The van der Waals surface area contributed by atoms with Crippen LogP contribution >= 0.6 is 23.1 Å². The number of aliphatic carboxylic acids is 1. The predicted octanol–water partition coefficient (Wildman–Crippen LogP) is 0.0433. The maximum atomic E-state index is 13.1. The first-order chi connectivity index (χ1) is 17.8. The number of rotatable bonds is 10. The molecule has 0 radical (unpaired) electrons. The Balaban J connectivity index is 1.53. The molecule has 2 aliphatic heterocycles. The molecule has 0 saturated carbocycles. The third kappa shape index (κ3) is 5.22. The second-order valence-electron chi connectivity index (χ2n) is 8.07. The van der Waals surface area contributed by atoms with Gasteiger partial charge in [-0.15, -0.1) is 23.1 Å². The van der Waals surface area contributed by atoms with Gasteiger partial charge in [0.15, 0.2) is 29.4 Å². The molecule has 4 heterocycles. The number of anilines is 2. The first-order valence-corrected chi connectivity index (χ1v) is 13.3. The van der Waals surface area contributed by atoms with Gasteiger partial charge < -0.3 is 25.9 Å². The Hall–Kier alpha value is -3.72. The number of thiazole rings is 1. The lowest BCUT2D eigenvalue weighted by atomic mass is 10.0. The predicted molar refractivity (Wildman–Crippen MR) is 138 cm³/mol. The van der Waals surface area contributed by atoms with E-state index in [2.05, 4.69) is 25.3 Å². The van der Waals surface area contributed by atoms with E-state index in [1.165, 1.54) is 23.8 Å². The lowest BCUT2D eigenvalue weighted by molar-refractivity contribution is -0.688. The molecular formula is C22H27N8O5S2+. The number of nitrogens with two attached hydrogens (primary N) is 1. The van der Waals surface area contributed by atoms with E-state index in [-0.39, 0.29) is 28.8 Å². The molecule has 0 aliphatic carbocycles. The molecule has 2 aromatic heterocycles. The Kier molecular flexibility index (Phi) is 7.92. The highest BCUT2D eigenvalue weighted by Crippen LogP contribution is 2.40. The minimum absolute atomic E-state index is 0.0639. The number of nitrogens with one attached hydrogen (secondary N) is 1. The molecule has 2 aromatic rings. The van der Waals surface area contributed by atoms with Crippen LogP contribution in [0.4, 0.5) is 10.9 Å². The third-order valence-electron chi connectivity index (χ3n) is 5.91. The monoisotopic (exact) mass is 547 g/mol. The summed E-state index contributed by atoms with van der Waals surface area (Å²) in [5.74, 6) is -1.23. The Morgan fingerprint density at radius 1 is 1.41 bits per heavy atom. The molecule has 1 fully saturated rings. The molecule has 15 heteroatoms. The van der Waals surface area contributed by atoms with Crippen LogP contribution < -0.4 is 20.5 Å². The van der Waals surface area contributed by atoms with Crippen LogP contribution in [0.1, 0.15) is 19.5 Å². The Morgan fingerprint density at radius 2 is 2.16 bits per heavy atom. The minimum Gasteiger partial charge on any atom is -0.477 e. The van der Waals surface area contributed by atoms with Crippen LogP contribution in [0.5, 0.6) is 0 Å². The van der Waals surface area contributed by atoms with Crippen LogP contribution in [0.3, 0.4) is 0 Å². The Morgan fingerprint density at radius 3 is 2.78 bits per heavy atom. The molecule has 2 atom stereocenters. The lowest BCUT2D eigenvalue weighted by Crippen LogP contribution is -2.71. The standard InChI is InChI=1S/C22H26N8O5S2/c1-4-29(5-2)14-9-28(7-6-24-14)8-12-10-36-20-16(19(32)30(20)17(12)21(33)34)26-18(31)15(27-35-3)13-11-37-22(23)25-13/h6-7,9,11,16,20H,4-5,8,10H2,1-3H3,(H3-,23,25,26,31,33,34)/p+1/b27-15-/t16?,20-/m1/s1. The number of carboxylic acids is 1. The van der Waals surface area contributed by atoms with Crippen LogP contribution in [-0.2, 0) is 25.8 Å². The van der Waals surface area contributed by atoms with E-state index in [4.69, 9.17) is 10.6 Å². The van der Waals surface area contributed by atoms with E-state index >= 15 is 0 Å². The first kappa shape index (κ1) is 26.3. The number of amides is 2. The number of fused-ring (bicyclic) bond motifs is 1. The quantitative estimate of drug-likeness (QED) is 0.160. The highest BCUT2D eigenvalue weighted by atomic mass is 32.2. The number of oxime groups is 1. The zero-order chi connectivity index (χ0) is 26.7. The molecule has 4 N–H and O–H groups in total. The molecule has 196 valence electrons. The van der Waals surface area contributed by atoms with Crippen molar-refractivity contribution in [1.82, 2.24) is 20.2 Å². The van der Waals surface area contributed by atoms with Crippen molar-refractivity contribution in [3.8, 4) is 0 Å². The fourth-order valence-corrected chi connectivity index (χ4v) is 6.04. The lowest BCUT2D eigenvalue weighted by Gasteiger charge is -2.49. The van der Waals surface area contributed by atoms with Crippen molar-refractivity contribution in [2.45, 2.75) is 31.8 Å². The Bertz CT molecular complexity index is 1280. The summed E-state index contributed by atoms with van der Waals surface area (Å²) in [4.78, 5) is 54.7. The maximum Gasteiger partial charge on any atom is 0.352 e. The highest BCUT2D eigenvalue weighted by Gasteiger charge is 2.54. The van der Waals surface area contributed by atoms with Gasteiger partial charge in [-0.25, -0.2) is 14.8 Å².